The van der Waals surface area contributed by atoms with Crippen LogP contribution in [0.5, 0.6) is 11.5 Å². The van der Waals surface area contributed by atoms with E-state index in [2.05, 4.69) is 4.90 Å². The van der Waals surface area contributed by atoms with Crippen molar-refractivity contribution in [1.29, 1.82) is 0 Å². The zero-order valence-corrected chi connectivity index (χ0v) is 14.2. The van der Waals surface area contributed by atoms with Gasteiger partial charge in [0.05, 0.1) is 18.2 Å². The molecule has 4 nitrogen and oxygen atoms in total. The minimum atomic E-state index is 0.141. The van der Waals surface area contributed by atoms with Crippen LogP contribution in [-0.2, 0) is 0 Å². The van der Waals surface area contributed by atoms with Crippen molar-refractivity contribution in [1.82, 2.24) is 4.90 Å². The Morgan fingerprint density at radius 3 is 2.36 bits per heavy atom. The smallest absolute Gasteiger partial charge is 0.141 e. The molecule has 0 saturated carbocycles. The van der Waals surface area contributed by atoms with Gasteiger partial charge in [0, 0.05) is 24.3 Å². The summed E-state index contributed by atoms with van der Waals surface area (Å²) in [6.07, 6.45) is 3.09. The molecule has 1 aromatic carbocycles. The number of aliphatic hydroxyl groups excluding tert-OH is 1. The Labute approximate surface area is 138 Å². The molecule has 1 N–H and O–H groups in total. The number of hydrogen-bond acceptors (Lipinski definition) is 4. The second-order valence-corrected chi connectivity index (χ2v) is 5.86. The lowest BCUT2D eigenvalue weighted by Crippen LogP contribution is -2.27. The maximum atomic E-state index is 9.46. The van der Waals surface area contributed by atoms with Gasteiger partial charge >= 0.3 is 0 Å². The average Bonchev–Trinajstić information content (AvgIpc) is 3.02. The lowest BCUT2D eigenvalue weighted by Gasteiger charge is -2.29. The van der Waals surface area contributed by atoms with Crippen LogP contribution in [0.2, 0.25) is 5.02 Å². The summed E-state index contributed by atoms with van der Waals surface area (Å²) in [5.74, 6) is 1.46. The Hall–Kier alpha value is -0.970. The maximum Gasteiger partial charge on any atom is 0.141 e. The van der Waals surface area contributed by atoms with Crippen molar-refractivity contribution in [3.8, 4) is 11.5 Å². The Morgan fingerprint density at radius 1 is 1.14 bits per heavy atom. The number of aliphatic hydroxyl groups is 1. The van der Waals surface area contributed by atoms with E-state index < -0.39 is 0 Å². The van der Waals surface area contributed by atoms with Crippen LogP contribution in [0.3, 0.4) is 0 Å². The number of likely N-dealkylation sites (tertiary alicyclic amines) is 1. The van der Waals surface area contributed by atoms with E-state index >= 15 is 0 Å². The van der Waals surface area contributed by atoms with E-state index in [9.17, 15) is 5.11 Å². The third-order valence-corrected chi connectivity index (χ3v) is 4.30. The molecule has 0 amide bonds. The molecule has 0 bridgehead atoms. The minimum absolute atomic E-state index is 0.141. The average molecular weight is 328 g/mol. The van der Waals surface area contributed by atoms with Crippen LogP contribution in [0.15, 0.2) is 12.1 Å². The number of hydrogen-bond donors (Lipinski definition) is 1. The van der Waals surface area contributed by atoms with Crippen molar-refractivity contribution in [2.45, 2.75) is 39.2 Å². The summed E-state index contributed by atoms with van der Waals surface area (Å²) >= 11 is 6.37. The number of rotatable bonds is 8. The van der Waals surface area contributed by atoms with Gasteiger partial charge in [-0.15, -0.1) is 0 Å². The van der Waals surface area contributed by atoms with Crippen LogP contribution in [0, 0.1) is 0 Å². The highest BCUT2D eigenvalue weighted by Crippen LogP contribution is 2.40. The summed E-state index contributed by atoms with van der Waals surface area (Å²) in [6.45, 7) is 7.32. The van der Waals surface area contributed by atoms with Gasteiger partial charge in [-0.05, 0) is 52.3 Å². The normalized spacial score (nSPS) is 16.7. The van der Waals surface area contributed by atoms with Crippen molar-refractivity contribution in [2.24, 2.45) is 0 Å². The largest absolute Gasteiger partial charge is 0.493 e. The molecule has 0 spiro atoms. The summed E-state index contributed by atoms with van der Waals surface area (Å²) in [4.78, 5) is 2.41. The molecule has 1 saturated heterocycles. The first kappa shape index (κ1) is 17.4. The molecule has 0 radical (unpaired) electrons. The molecular weight excluding hydrogens is 302 g/mol. The van der Waals surface area contributed by atoms with E-state index in [0.29, 0.717) is 30.4 Å². The van der Waals surface area contributed by atoms with Gasteiger partial charge in [-0.2, -0.15) is 0 Å². The topological polar surface area (TPSA) is 41.9 Å². The highest BCUT2D eigenvalue weighted by atomic mass is 35.5. The third kappa shape index (κ3) is 4.06. The number of nitrogens with zero attached hydrogens (tertiary/aromatic N) is 1. The Balaban J connectivity index is 2.37. The fraction of sp³-hybridized carbons (Fsp3) is 0.647. The molecule has 0 aromatic heterocycles. The summed E-state index contributed by atoms with van der Waals surface area (Å²) in [5, 5.41) is 10.1. The fourth-order valence-electron chi connectivity index (χ4n) is 3.07. The van der Waals surface area contributed by atoms with Gasteiger partial charge in [0.15, 0.2) is 0 Å². The van der Waals surface area contributed by atoms with Crippen molar-refractivity contribution >= 4 is 11.6 Å². The number of benzene rings is 1. The molecule has 22 heavy (non-hydrogen) atoms. The molecule has 124 valence electrons. The van der Waals surface area contributed by atoms with Gasteiger partial charge in [-0.3, -0.25) is 4.90 Å². The standard InChI is InChI=1S/C17H26ClNO3/c1-3-21-16-12-17(22-4-2)14(18)11-13(16)15(7-10-20)19-8-5-6-9-19/h11-12,15,20H,3-10H2,1-2H3. The van der Waals surface area contributed by atoms with E-state index in [4.69, 9.17) is 21.1 Å². The van der Waals surface area contributed by atoms with Crippen LogP contribution in [0.1, 0.15) is 44.7 Å². The zero-order chi connectivity index (χ0) is 15.9. The van der Waals surface area contributed by atoms with Crippen molar-refractivity contribution in [3.63, 3.8) is 0 Å². The molecular formula is C17H26ClNO3. The van der Waals surface area contributed by atoms with Gasteiger partial charge in [-0.25, -0.2) is 0 Å². The quantitative estimate of drug-likeness (QED) is 0.791. The van der Waals surface area contributed by atoms with Crippen molar-refractivity contribution in [3.05, 3.63) is 22.7 Å². The summed E-state index contributed by atoms with van der Waals surface area (Å²) in [6, 6.07) is 3.96. The first-order valence-corrected chi connectivity index (χ1v) is 8.53. The van der Waals surface area contributed by atoms with E-state index in [-0.39, 0.29) is 12.6 Å². The van der Waals surface area contributed by atoms with Crippen molar-refractivity contribution in [2.75, 3.05) is 32.9 Å². The highest BCUT2D eigenvalue weighted by Gasteiger charge is 2.26. The summed E-state index contributed by atoms with van der Waals surface area (Å²) < 4.78 is 11.4. The van der Waals surface area contributed by atoms with Crippen LogP contribution in [-0.4, -0.2) is 42.9 Å². The first-order valence-electron chi connectivity index (χ1n) is 8.15. The van der Waals surface area contributed by atoms with Gasteiger partial charge in [0.25, 0.3) is 0 Å². The van der Waals surface area contributed by atoms with Crippen LogP contribution in [0.4, 0.5) is 0 Å². The second-order valence-electron chi connectivity index (χ2n) is 5.46. The number of ether oxygens (including phenoxy) is 2. The molecule has 2 rings (SSSR count). The molecule has 1 fully saturated rings. The minimum Gasteiger partial charge on any atom is -0.493 e. The third-order valence-electron chi connectivity index (χ3n) is 4.01. The first-order chi connectivity index (χ1) is 10.7. The summed E-state index contributed by atoms with van der Waals surface area (Å²) in [7, 11) is 0. The maximum absolute atomic E-state index is 9.46. The molecule has 1 aromatic rings. The second kappa shape index (κ2) is 8.61. The van der Waals surface area contributed by atoms with Crippen LogP contribution in [0.25, 0.3) is 0 Å². The predicted octanol–water partition coefficient (Wildman–Crippen LogP) is 3.66. The van der Waals surface area contributed by atoms with Crippen molar-refractivity contribution < 1.29 is 14.6 Å². The van der Waals surface area contributed by atoms with Crippen LogP contribution >= 0.6 is 11.6 Å². The molecule has 1 heterocycles. The monoisotopic (exact) mass is 327 g/mol. The predicted molar refractivity (Wildman–Crippen MR) is 89.0 cm³/mol. The zero-order valence-electron chi connectivity index (χ0n) is 13.5. The molecule has 1 unspecified atom stereocenters. The van der Waals surface area contributed by atoms with Gasteiger partial charge in [0.1, 0.15) is 11.5 Å². The molecule has 5 heteroatoms. The number of halogens is 1. The lowest BCUT2D eigenvalue weighted by molar-refractivity contribution is 0.181. The Morgan fingerprint density at radius 2 is 1.77 bits per heavy atom. The molecule has 1 aliphatic rings. The Kier molecular flexibility index (Phi) is 6.80. The molecule has 1 atom stereocenters. The van der Waals surface area contributed by atoms with E-state index in [0.717, 1.165) is 24.4 Å². The van der Waals surface area contributed by atoms with E-state index in [1.165, 1.54) is 12.8 Å². The summed E-state index contributed by atoms with van der Waals surface area (Å²) in [5.41, 5.74) is 1.05. The van der Waals surface area contributed by atoms with Crippen LogP contribution < -0.4 is 9.47 Å². The lowest BCUT2D eigenvalue weighted by atomic mass is 10.0. The SMILES string of the molecule is CCOc1cc(OCC)c(C(CCO)N2CCCC2)cc1Cl. The van der Waals surface area contributed by atoms with Gasteiger partial charge in [0.2, 0.25) is 0 Å². The molecule has 0 aliphatic carbocycles. The van der Waals surface area contributed by atoms with Gasteiger partial charge < -0.3 is 14.6 Å². The highest BCUT2D eigenvalue weighted by molar-refractivity contribution is 6.32. The fourth-order valence-corrected chi connectivity index (χ4v) is 3.29. The van der Waals surface area contributed by atoms with Gasteiger partial charge in [-0.1, -0.05) is 11.6 Å². The van der Waals surface area contributed by atoms with E-state index in [1.54, 1.807) is 0 Å². The van der Waals surface area contributed by atoms with E-state index in [1.807, 2.05) is 26.0 Å². The molecule has 1 aliphatic heterocycles. The Bertz CT molecular complexity index is 475.